The molecular weight excluding hydrogens is 330 g/mol. The summed E-state index contributed by atoms with van der Waals surface area (Å²) < 4.78 is 10.3. The predicted octanol–water partition coefficient (Wildman–Crippen LogP) is 3.44. The zero-order valence-corrected chi connectivity index (χ0v) is 15.4. The van der Waals surface area contributed by atoms with Gasteiger partial charge in [-0.25, -0.2) is 4.79 Å². The molecule has 0 saturated heterocycles. The zero-order chi connectivity index (χ0) is 18.9. The summed E-state index contributed by atoms with van der Waals surface area (Å²) in [5.41, 5.74) is 2.18. The molecule has 0 heterocycles. The molecular formula is C21H25NO4. The minimum Gasteiger partial charge on any atom is -0.482 e. The van der Waals surface area contributed by atoms with Gasteiger partial charge in [-0.2, -0.15) is 0 Å². The lowest BCUT2D eigenvalue weighted by Gasteiger charge is -2.17. The highest BCUT2D eigenvalue weighted by molar-refractivity contribution is 5.81. The van der Waals surface area contributed by atoms with Gasteiger partial charge in [0.2, 0.25) is 0 Å². The molecule has 2 rings (SSSR count). The number of rotatable bonds is 8. The Morgan fingerprint density at radius 1 is 0.885 bits per heavy atom. The topological polar surface area (TPSA) is 64.6 Å². The maximum Gasteiger partial charge on any atom is 0.344 e. The summed E-state index contributed by atoms with van der Waals surface area (Å²) in [6, 6.07) is 17.5. The van der Waals surface area contributed by atoms with Crippen molar-refractivity contribution >= 4 is 11.9 Å². The van der Waals surface area contributed by atoms with E-state index in [-0.39, 0.29) is 25.2 Å². The first-order valence-corrected chi connectivity index (χ1v) is 8.69. The average molecular weight is 355 g/mol. The molecule has 0 unspecified atom stereocenters. The lowest BCUT2D eigenvalue weighted by atomic mass is 10.1. The molecule has 0 spiro atoms. The smallest absolute Gasteiger partial charge is 0.344 e. The number of esters is 1. The number of carbonyl (C=O) groups excluding carboxylic acids is 2. The Kier molecular flexibility index (Phi) is 7.21. The Balaban J connectivity index is 1.74. The van der Waals surface area contributed by atoms with Crippen LogP contribution in [0.2, 0.25) is 0 Å². The van der Waals surface area contributed by atoms with E-state index in [1.807, 2.05) is 63.2 Å². The highest BCUT2D eigenvalue weighted by atomic mass is 16.6. The quantitative estimate of drug-likeness (QED) is 0.737. The van der Waals surface area contributed by atoms with Crippen LogP contribution in [0.4, 0.5) is 0 Å². The van der Waals surface area contributed by atoms with Crippen LogP contribution in [0.5, 0.6) is 5.75 Å². The number of hydrogen-bond donors (Lipinski definition) is 1. The molecule has 0 aromatic heterocycles. The molecule has 1 N–H and O–H groups in total. The first-order chi connectivity index (χ1) is 12.5. The third-order valence-electron chi connectivity index (χ3n) is 4.07. The molecule has 2 aromatic rings. The second-order valence-corrected chi connectivity index (χ2v) is 6.44. The fourth-order valence-corrected chi connectivity index (χ4v) is 2.17. The van der Waals surface area contributed by atoms with Crippen molar-refractivity contribution < 1.29 is 19.1 Å². The lowest BCUT2D eigenvalue weighted by molar-refractivity contribution is -0.150. The molecule has 0 bridgehead atoms. The Morgan fingerprint density at radius 3 is 2.12 bits per heavy atom. The third kappa shape index (κ3) is 6.24. The molecule has 0 fully saturated rings. The normalized spacial score (nSPS) is 11.7. The summed E-state index contributed by atoms with van der Waals surface area (Å²) in [6.45, 7) is 5.39. The summed E-state index contributed by atoms with van der Waals surface area (Å²) in [4.78, 5) is 23.4. The van der Waals surface area contributed by atoms with E-state index in [1.54, 1.807) is 12.1 Å². The maximum absolute atomic E-state index is 11.7. The van der Waals surface area contributed by atoms with Gasteiger partial charge in [0.1, 0.15) is 5.75 Å². The van der Waals surface area contributed by atoms with Crippen molar-refractivity contribution in [2.45, 2.75) is 26.8 Å². The minimum absolute atomic E-state index is 0.0283. The summed E-state index contributed by atoms with van der Waals surface area (Å²) in [5.74, 6) is -0.00685. The summed E-state index contributed by atoms with van der Waals surface area (Å²) in [5, 5.41) is 2.77. The van der Waals surface area contributed by atoms with E-state index in [9.17, 15) is 9.59 Å². The minimum atomic E-state index is -0.579. The molecule has 1 atom stereocenters. The molecule has 26 heavy (non-hydrogen) atoms. The van der Waals surface area contributed by atoms with E-state index in [2.05, 4.69) is 5.32 Å². The van der Waals surface area contributed by atoms with Crippen molar-refractivity contribution in [3.63, 3.8) is 0 Å². The van der Waals surface area contributed by atoms with Crippen LogP contribution in [0.25, 0.3) is 11.1 Å². The van der Waals surface area contributed by atoms with Gasteiger partial charge >= 0.3 is 5.97 Å². The van der Waals surface area contributed by atoms with E-state index in [0.29, 0.717) is 11.7 Å². The SMILES string of the molecule is CC(C)[C@H](C)NC(=O)COC(=O)COc1ccc(-c2ccccc2)cc1. The summed E-state index contributed by atoms with van der Waals surface area (Å²) in [7, 11) is 0. The molecule has 0 aliphatic carbocycles. The van der Waals surface area contributed by atoms with Gasteiger partial charge in [-0.05, 0) is 36.1 Å². The van der Waals surface area contributed by atoms with Crippen LogP contribution in [0.3, 0.4) is 0 Å². The van der Waals surface area contributed by atoms with E-state index in [1.165, 1.54) is 0 Å². The highest BCUT2D eigenvalue weighted by Crippen LogP contribution is 2.21. The van der Waals surface area contributed by atoms with E-state index < -0.39 is 5.97 Å². The Bertz CT molecular complexity index is 711. The third-order valence-corrected chi connectivity index (χ3v) is 4.07. The predicted molar refractivity (Wildman–Crippen MR) is 101 cm³/mol. The van der Waals surface area contributed by atoms with Crippen molar-refractivity contribution in [1.82, 2.24) is 5.32 Å². The number of hydrogen-bond acceptors (Lipinski definition) is 4. The van der Waals surface area contributed by atoms with Crippen LogP contribution in [-0.4, -0.2) is 31.1 Å². The first-order valence-electron chi connectivity index (χ1n) is 8.69. The molecule has 5 nitrogen and oxygen atoms in total. The highest BCUT2D eigenvalue weighted by Gasteiger charge is 2.13. The molecule has 5 heteroatoms. The Hall–Kier alpha value is -2.82. The molecule has 0 radical (unpaired) electrons. The van der Waals surface area contributed by atoms with Crippen molar-refractivity contribution in [2.24, 2.45) is 5.92 Å². The summed E-state index contributed by atoms with van der Waals surface area (Å²) >= 11 is 0. The van der Waals surface area contributed by atoms with Crippen molar-refractivity contribution in [1.29, 1.82) is 0 Å². The second kappa shape index (κ2) is 9.61. The van der Waals surface area contributed by atoms with Crippen molar-refractivity contribution in [3.05, 3.63) is 54.6 Å². The number of ether oxygens (including phenoxy) is 2. The molecule has 2 aromatic carbocycles. The van der Waals surface area contributed by atoms with Crippen LogP contribution in [-0.2, 0) is 14.3 Å². The zero-order valence-electron chi connectivity index (χ0n) is 15.4. The Labute approximate surface area is 154 Å². The van der Waals surface area contributed by atoms with E-state index in [0.717, 1.165) is 11.1 Å². The fourth-order valence-electron chi connectivity index (χ4n) is 2.17. The van der Waals surface area contributed by atoms with Gasteiger partial charge in [0, 0.05) is 6.04 Å². The van der Waals surface area contributed by atoms with Crippen LogP contribution >= 0.6 is 0 Å². The molecule has 0 aliphatic rings. The second-order valence-electron chi connectivity index (χ2n) is 6.44. The Morgan fingerprint density at radius 2 is 1.50 bits per heavy atom. The van der Waals surface area contributed by atoms with Gasteiger partial charge in [-0.15, -0.1) is 0 Å². The van der Waals surface area contributed by atoms with E-state index in [4.69, 9.17) is 9.47 Å². The number of amides is 1. The van der Waals surface area contributed by atoms with Crippen LogP contribution < -0.4 is 10.1 Å². The monoisotopic (exact) mass is 355 g/mol. The van der Waals surface area contributed by atoms with Gasteiger partial charge in [0.15, 0.2) is 13.2 Å². The van der Waals surface area contributed by atoms with Crippen LogP contribution in [0.1, 0.15) is 20.8 Å². The molecule has 0 saturated carbocycles. The average Bonchev–Trinajstić information content (AvgIpc) is 2.65. The first kappa shape index (κ1) is 19.5. The van der Waals surface area contributed by atoms with Crippen molar-refractivity contribution in [2.75, 3.05) is 13.2 Å². The van der Waals surface area contributed by atoms with Gasteiger partial charge in [-0.1, -0.05) is 56.3 Å². The number of nitrogens with one attached hydrogen (secondary N) is 1. The maximum atomic E-state index is 11.7. The molecule has 0 aliphatic heterocycles. The van der Waals surface area contributed by atoms with Gasteiger partial charge < -0.3 is 14.8 Å². The molecule has 138 valence electrons. The van der Waals surface area contributed by atoms with Crippen LogP contribution in [0, 0.1) is 5.92 Å². The van der Waals surface area contributed by atoms with Crippen LogP contribution in [0.15, 0.2) is 54.6 Å². The summed E-state index contributed by atoms with van der Waals surface area (Å²) in [6.07, 6.45) is 0. The van der Waals surface area contributed by atoms with Gasteiger partial charge in [-0.3, -0.25) is 4.79 Å². The van der Waals surface area contributed by atoms with Crippen molar-refractivity contribution in [3.8, 4) is 16.9 Å². The molecule has 1 amide bonds. The van der Waals surface area contributed by atoms with E-state index >= 15 is 0 Å². The van der Waals surface area contributed by atoms with Gasteiger partial charge in [0.25, 0.3) is 5.91 Å². The largest absolute Gasteiger partial charge is 0.482 e. The number of benzene rings is 2. The fraction of sp³-hybridized carbons (Fsp3) is 0.333. The standard InChI is InChI=1S/C21H25NO4/c1-15(2)16(3)22-20(23)13-26-21(24)14-25-19-11-9-18(10-12-19)17-7-5-4-6-8-17/h4-12,15-16H,13-14H2,1-3H3,(H,22,23)/t16-/m0/s1. The number of carbonyl (C=O) groups is 2. The lowest BCUT2D eigenvalue weighted by Crippen LogP contribution is -2.39. The van der Waals surface area contributed by atoms with Gasteiger partial charge in [0.05, 0.1) is 0 Å².